The van der Waals surface area contributed by atoms with E-state index in [0.717, 1.165) is 0 Å². The largest absolute Gasteiger partial charge is 0.486 e. The Labute approximate surface area is 125 Å². The predicted octanol–water partition coefficient (Wildman–Crippen LogP) is 2.49. The van der Waals surface area contributed by atoms with Gasteiger partial charge in [0.05, 0.1) is 22.6 Å². The van der Waals surface area contributed by atoms with Gasteiger partial charge in [-0.3, -0.25) is 4.68 Å². The summed E-state index contributed by atoms with van der Waals surface area (Å²) in [7, 11) is 1.76. The van der Waals surface area contributed by atoms with E-state index >= 15 is 0 Å². The van der Waals surface area contributed by atoms with Crippen LogP contribution in [0.3, 0.4) is 0 Å². The number of hydrogen-bond acceptors (Lipinski definition) is 4. The van der Waals surface area contributed by atoms with E-state index in [-0.39, 0.29) is 0 Å². The number of ether oxygens (including phenoxy) is 2. The second-order valence-corrected chi connectivity index (χ2v) is 4.86. The van der Waals surface area contributed by atoms with E-state index in [0.29, 0.717) is 41.1 Å². The zero-order valence-electron chi connectivity index (χ0n) is 11.2. The smallest absolute Gasteiger partial charge is 0.323 e. The topological polar surface area (TPSA) is 77.4 Å². The number of urea groups is 1. The van der Waals surface area contributed by atoms with Crippen molar-refractivity contribution >= 4 is 29.0 Å². The number of nitrogens with one attached hydrogen (secondary N) is 2. The number of aryl methyl sites for hydroxylation is 1. The normalized spacial score (nSPS) is 12.9. The van der Waals surface area contributed by atoms with Crippen LogP contribution in [0, 0.1) is 0 Å². The summed E-state index contributed by atoms with van der Waals surface area (Å²) in [5.74, 6) is 1.13. The number of hydrogen-bond donors (Lipinski definition) is 2. The number of halogens is 1. The summed E-state index contributed by atoms with van der Waals surface area (Å²) in [5.41, 5.74) is 1.03. The van der Waals surface area contributed by atoms with E-state index in [1.165, 1.54) is 0 Å². The van der Waals surface area contributed by atoms with Gasteiger partial charge in [-0.15, -0.1) is 0 Å². The summed E-state index contributed by atoms with van der Waals surface area (Å²) in [6, 6.07) is 2.84. The molecule has 1 aliphatic heterocycles. The van der Waals surface area contributed by atoms with Crippen LogP contribution >= 0.6 is 11.6 Å². The van der Waals surface area contributed by atoms with Crippen molar-refractivity contribution in [2.24, 2.45) is 7.05 Å². The molecule has 2 heterocycles. The number of aromatic nitrogens is 2. The summed E-state index contributed by atoms with van der Waals surface area (Å²) in [5, 5.41) is 9.66. The molecule has 0 bridgehead atoms. The fourth-order valence-corrected chi connectivity index (χ4v) is 2.13. The summed E-state index contributed by atoms with van der Waals surface area (Å²) in [6.07, 6.45) is 3.23. The minimum atomic E-state index is -0.415. The van der Waals surface area contributed by atoms with Crippen molar-refractivity contribution in [1.82, 2.24) is 9.78 Å². The summed E-state index contributed by atoms with van der Waals surface area (Å²) in [4.78, 5) is 11.9. The van der Waals surface area contributed by atoms with E-state index in [4.69, 9.17) is 21.1 Å². The lowest BCUT2D eigenvalue weighted by atomic mass is 10.2. The third kappa shape index (κ3) is 3.03. The molecule has 7 nitrogen and oxygen atoms in total. The highest BCUT2D eigenvalue weighted by molar-refractivity contribution is 6.34. The van der Waals surface area contributed by atoms with Gasteiger partial charge in [0.25, 0.3) is 0 Å². The first-order valence-corrected chi connectivity index (χ1v) is 6.65. The molecule has 2 amide bonds. The van der Waals surface area contributed by atoms with Crippen LogP contribution in [0.4, 0.5) is 16.2 Å². The maximum atomic E-state index is 11.9. The zero-order valence-corrected chi connectivity index (χ0v) is 12.0. The van der Waals surface area contributed by atoms with Crippen molar-refractivity contribution in [3.8, 4) is 11.5 Å². The average molecular weight is 309 g/mol. The lowest BCUT2D eigenvalue weighted by Gasteiger charge is -2.20. The highest BCUT2D eigenvalue weighted by Gasteiger charge is 2.16. The highest BCUT2D eigenvalue weighted by atomic mass is 35.5. The van der Waals surface area contributed by atoms with Crippen LogP contribution in [0.25, 0.3) is 0 Å². The predicted molar refractivity (Wildman–Crippen MR) is 78.3 cm³/mol. The van der Waals surface area contributed by atoms with Crippen LogP contribution in [0.15, 0.2) is 24.5 Å². The van der Waals surface area contributed by atoms with Gasteiger partial charge in [-0.25, -0.2) is 4.79 Å². The van der Waals surface area contributed by atoms with E-state index in [2.05, 4.69) is 15.7 Å². The first-order valence-electron chi connectivity index (χ1n) is 6.27. The molecule has 0 unspecified atom stereocenters. The maximum Gasteiger partial charge on any atom is 0.323 e. The van der Waals surface area contributed by atoms with Gasteiger partial charge < -0.3 is 20.1 Å². The second-order valence-electron chi connectivity index (χ2n) is 4.46. The van der Waals surface area contributed by atoms with Gasteiger partial charge in [0.2, 0.25) is 0 Å². The zero-order chi connectivity index (χ0) is 14.8. The maximum absolute atomic E-state index is 11.9. The number of rotatable bonds is 2. The number of nitrogens with zero attached hydrogens (tertiary/aromatic N) is 2. The number of amides is 2. The molecule has 1 aromatic carbocycles. The van der Waals surface area contributed by atoms with Gasteiger partial charge in [-0.2, -0.15) is 5.10 Å². The van der Waals surface area contributed by atoms with Gasteiger partial charge >= 0.3 is 6.03 Å². The number of carbonyl (C=O) groups excluding carboxylic acids is 1. The molecule has 8 heteroatoms. The Morgan fingerprint density at radius 2 is 2.00 bits per heavy atom. The van der Waals surface area contributed by atoms with Crippen molar-refractivity contribution in [3.05, 3.63) is 29.5 Å². The molecule has 21 heavy (non-hydrogen) atoms. The van der Waals surface area contributed by atoms with Crippen LogP contribution < -0.4 is 20.1 Å². The lowest BCUT2D eigenvalue weighted by Crippen LogP contribution is -2.20. The Morgan fingerprint density at radius 1 is 1.29 bits per heavy atom. The van der Waals surface area contributed by atoms with Gasteiger partial charge in [-0.05, 0) is 0 Å². The Balaban J connectivity index is 1.73. The third-order valence-corrected chi connectivity index (χ3v) is 3.16. The lowest BCUT2D eigenvalue weighted by molar-refractivity contribution is 0.171. The molecular formula is C13H13ClN4O3. The number of fused-ring (bicyclic) bond motifs is 1. The summed E-state index contributed by atoms with van der Waals surface area (Å²) >= 11 is 6.12. The van der Waals surface area contributed by atoms with Crippen LogP contribution in [0.2, 0.25) is 5.02 Å². The SMILES string of the molecule is Cn1cc(NC(=O)Nc2cc3c(cc2Cl)OCCO3)cn1. The molecule has 0 saturated heterocycles. The van der Waals surface area contributed by atoms with Crippen LogP contribution in [-0.4, -0.2) is 29.0 Å². The molecule has 2 aromatic rings. The monoisotopic (exact) mass is 308 g/mol. The molecule has 0 aliphatic carbocycles. The van der Waals surface area contributed by atoms with Gasteiger partial charge in [0.15, 0.2) is 11.5 Å². The van der Waals surface area contributed by atoms with Crippen LogP contribution in [-0.2, 0) is 7.05 Å². The van der Waals surface area contributed by atoms with Gasteiger partial charge in [0.1, 0.15) is 13.2 Å². The highest BCUT2D eigenvalue weighted by Crippen LogP contribution is 2.37. The molecular weight excluding hydrogens is 296 g/mol. The Morgan fingerprint density at radius 3 is 2.67 bits per heavy atom. The van der Waals surface area contributed by atoms with Crippen molar-refractivity contribution in [3.63, 3.8) is 0 Å². The molecule has 1 aliphatic rings. The molecule has 1 aromatic heterocycles. The van der Waals surface area contributed by atoms with E-state index in [1.807, 2.05) is 0 Å². The molecule has 3 rings (SSSR count). The Kier molecular flexibility index (Phi) is 3.57. The third-order valence-electron chi connectivity index (χ3n) is 2.84. The number of benzene rings is 1. The van der Waals surface area contributed by atoms with E-state index in [9.17, 15) is 4.79 Å². The Bertz CT molecular complexity index is 686. The Hall–Kier alpha value is -2.41. The summed E-state index contributed by atoms with van der Waals surface area (Å²) in [6.45, 7) is 0.952. The van der Waals surface area contributed by atoms with Crippen molar-refractivity contribution in [2.75, 3.05) is 23.8 Å². The van der Waals surface area contributed by atoms with E-state index in [1.54, 1.807) is 36.3 Å². The minimum absolute atomic E-state index is 0.376. The van der Waals surface area contributed by atoms with Crippen molar-refractivity contribution in [1.29, 1.82) is 0 Å². The molecule has 0 saturated carbocycles. The molecule has 0 radical (unpaired) electrons. The van der Waals surface area contributed by atoms with Gasteiger partial charge in [0, 0.05) is 25.4 Å². The summed E-state index contributed by atoms with van der Waals surface area (Å²) < 4.78 is 12.5. The quantitative estimate of drug-likeness (QED) is 0.893. The van der Waals surface area contributed by atoms with E-state index < -0.39 is 6.03 Å². The fourth-order valence-electron chi connectivity index (χ4n) is 1.93. The first-order chi connectivity index (χ1) is 10.1. The first kappa shape index (κ1) is 13.6. The molecule has 0 spiro atoms. The molecule has 2 N–H and O–H groups in total. The van der Waals surface area contributed by atoms with Crippen LogP contribution in [0.5, 0.6) is 11.5 Å². The molecule has 110 valence electrons. The average Bonchev–Trinajstić information content (AvgIpc) is 2.85. The van der Waals surface area contributed by atoms with Crippen LogP contribution in [0.1, 0.15) is 0 Å². The van der Waals surface area contributed by atoms with Crippen molar-refractivity contribution in [2.45, 2.75) is 0 Å². The second kappa shape index (κ2) is 5.53. The van der Waals surface area contributed by atoms with Crippen molar-refractivity contribution < 1.29 is 14.3 Å². The molecule has 0 atom stereocenters. The standard InChI is InChI=1S/C13H13ClN4O3/c1-18-7-8(6-15-18)16-13(19)17-10-5-12-11(4-9(10)14)20-2-3-21-12/h4-7H,2-3H2,1H3,(H2,16,17,19). The molecule has 0 fully saturated rings. The van der Waals surface area contributed by atoms with Gasteiger partial charge in [-0.1, -0.05) is 11.6 Å². The minimum Gasteiger partial charge on any atom is -0.486 e. The number of anilines is 2. The fraction of sp³-hybridized carbons (Fsp3) is 0.231. The number of carbonyl (C=O) groups is 1.